The van der Waals surface area contributed by atoms with E-state index in [-0.39, 0.29) is 11.9 Å². The molecule has 0 saturated carbocycles. The summed E-state index contributed by atoms with van der Waals surface area (Å²) in [7, 11) is 0. The molecule has 104 valence electrons. The first kappa shape index (κ1) is 11.9. The standard InChI is InChI=1S/C13H14N4O2S/c18-8-10-12(14-13-17(10)5-6-20-13)15-3-4-16-9(7-15)1-2-11(16)19/h5-6,8-9H,1-4,7H2. The van der Waals surface area contributed by atoms with Crippen LogP contribution in [0.25, 0.3) is 4.96 Å². The van der Waals surface area contributed by atoms with E-state index in [0.717, 1.165) is 43.1 Å². The number of amides is 1. The summed E-state index contributed by atoms with van der Waals surface area (Å²) < 4.78 is 1.83. The molecular formula is C13H14N4O2S. The van der Waals surface area contributed by atoms with E-state index in [4.69, 9.17) is 0 Å². The number of thiazole rings is 1. The number of anilines is 1. The zero-order chi connectivity index (χ0) is 13.7. The number of imidazole rings is 1. The van der Waals surface area contributed by atoms with E-state index < -0.39 is 0 Å². The second-order valence-corrected chi connectivity index (χ2v) is 6.09. The molecule has 2 aromatic rings. The van der Waals surface area contributed by atoms with Gasteiger partial charge < -0.3 is 9.80 Å². The Morgan fingerprint density at radius 2 is 2.30 bits per heavy atom. The molecule has 4 rings (SSSR count). The molecule has 2 aliphatic rings. The smallest absolute Gasteiger partial charge is 0.223 e. The number of piperazine rings is 1. The van der Waals surface area contributed by atoms with Crippen molar-refractivity contribution in [3.8, 4) is 0 Å². The summed E-state index contributed by atoms with van der Waals surface area (Å²) in [5, 5.41) is 1.92. The van der Waals surface area contributed by atoms with Crippen molar-refractivity contribution in [2.45, 2.75) is 18.9 Å². The Balaban J connectivity index is 1.68. The van der Waals surface area contributed by atoms with Crippen LogP contribution < -0.4 is 4.90 Å². The van der Waals surface area contributed by atoms with Gasteiger partial charge in [-0.1, -0.05) is 0 Å². The van der Waals surface area contributed by atoms with Gasteiger partial charge in [0.25, 0.3) is 0 Å². The lowest BCUT2D eigenvalue weighted by Crippen LogP contribution is -2.51. The van der Waals surface area contributed by atoms with Crippen LogP contribution >= 0.6 is 11.3 Å². The van der Waals surface area contributed by atoms with Crippen LogP contribution in [0, 0.1) is 0 Å². The molecule has 6 nitrogen and oxygen atoms in total. The Kier molecular flexibility index (Phi) is 2.56. The number of hydrogen-bond donors (Lipinski definition) is 0. The van der Waals surface area contributed by atoms with Crippen molar-refractivity contribution in [1.82, 2.24) is 14.3 Å². The molecule has 2 fully saturated rings. The number of carbonyl (C=O) groups is 2. The summed E-state index contributed by atoms with van der Waals surface area (Å²) in [5.74, 6) is 1.02. The van der Waals surface area contributed by atoms with Gasteiger partial charge in [0.15, 0.2) is 17.1 Å². The lowest BCUT2D eigenvalue weighted by molar-refractivity contribution is -0.129. The third kappa shape index (κ3) is 1.59. The molecule has 4 heterocycles. The Labute approximate surface area is 119 Å². The molecule has 2 aromatic heterocycles. The number of aldehydes is 1. The summed E-state index contributed by atoms with van der Waals surface area (Å²) >= 11 is 1.52. The van der Waals surface area contributed by atoms with Crippen molar-refractivity contribution in [2.75, 3.05) is 24.5 Å². The van der Waals surface area contributed by atoms with Gasteiger partial charge in [0.1, 0.15) is 5.69 Å². The third-order valence-electron chi connectivity index (χ3n) is 4.19. The van der Waals surface area contributed by atoms with Crippen LogP contribution in [0.5, 0.6) is 0 Å². The minimum absolute atomic E-state index is 0.260. The summed E-state index contributed by atoms with van der Waals surface area (Å²) in [4.78, 5) is 32.6. The second-order valence-electron chi connectivity index (χ2n) is 5.22. The van der Waals surface area contributed by atoms with Crippen molar-refractivity contribution < 1.29 is 9.59 Å². The van der Waals surface area contributed by atoms with Crippen LogP contribution in [0.1, 0.15) is 23.3 Å². The van der Waals surface area contributed by atoms with Gasteiger partial charge in [-0.3, -0.25) is 14.0 Å². The van der Waals surface area contributed by atoms with Crippen molar-refractivity contribution in [1.29, 1.82) is 0 Å². The molecule has 0 spiro atoms. The Hall–Kier alpha value is -1.89. The van der Waals surface area contributed by atoms with E-state index in [0.29, 0.717) is 12.1 Å². The van der Waals surface area contributed by atoms with Crippen molar-refractivity contribution >= 4 is 34.3 Å². The number of aromatic nitrogens is 2. The maximum absolute atomic E-state index is 11.7. The van der Waals surface area contributed by atoms with Crippen LogP contribution in [0.3, 0.4) is 0 Å². The monoisotopic (exact) mass is 290 g/mol. The lowest BCUT2D eigenvalue weighted by atomic mass is 10.1. The summed E-state index contributed by atoms with van der Waals surface area (Å²) in [6.07, 6.45) is 4.30. The third-order valence-corrected chi connectivity index (χ3v) is 4.94. The molecule has 7 heteroatoms. The van der Waals surface area contributed by atoms with Gasteiger partial charge in [0, 0.05) is 43.7 Å². The average molecular weight is 290 g/mol. The fourth-order valence-corrected chi connectivity index (χ4v) is 3.91. The van der Waals surface area contributed by atoms with Gasteiger partial charge in [0.05, 0.1) is 0 Å². The molecule has 0 aliphatic carbocycles. The maximum atomic E-state index is 11.7. The minimum Gasteiger partial charge on any atom is -0.351 e. The van der Waals surface area contributed by atoms with Gasteiger partial charge in [-0.15, -0.1) is 11.3 Å². The van der Waals surface area contributed by atoms with Gasteiger partial charge in [-0.05, 0) is 6.42 Å². The predicted molar refractivity (Wildman–Crippen MR) is 75.4 cm³/mol. The van der Waals surface area contributed by atoms with Crippen molar-refractivity contribution in [2.24, 2.45) is 0 Å². The van der Waals surface area contributed by atoms with Crippen molar-refractivity contribution in [3.05, 3.63) is 17.3 Å². The first-order valence-electron chi connectivity index (χ1n) is 6.73. The summed E-state index contributed by atoms with van der Waals surface area (Å²) in [6.45, 7) is 2.25. The Morgan fingerprint density at radius 3 is 3.15 bits per heavy atom. The van der Waals surface area contributed by atoms with Crippen LogP contribution in [0.2, 0.25) is 0 Å². The van der Waals surface area contributed by atoms with Crippen LogP contribution in [-0.2, 0) is 4.79 Å². The lowest BCUT2D eigenvalue weighted by Gasteiger charge is -2.37. The fraction of sp³-hybridized carbons (Fsp3) is 0.462. The predicted octanol–water partition coefficient (Wildman–Crippen LogP) is 1.02. The number of fused-ring (bicyclic) bond motifs is 2. The molecule has 0 aromatic carbocycles. The quantitative estimate of drug-likeness (QED) is 0.775. The Morgan fingerprint density at radius 1 is 1.40 bits per heavy atom. The molecular weight excluding hydrogens is 276 g/mol. The van der Waals surface area contributed by atoms with E-state index in [2.05, 4.69) is 9.88 Å². The molecule has 2 aliphatic heterocycles. The number of rotatable bonds is 2. The van der Waals surface area contributed by atoms with Gasteiger partial charge >= 0.3 is 0 Å². The highest BCUT2D eigenvalue weighted by atomic mass is 32.1. The average Bonchev–Trinajstić information content (AvgIpc) is 3.12. The van der Waals surface area contributed by atoms with Crippen LogP contribution in [0.15, 0.2) is 11.6 Å². The maximum Gasteiger partial charge on any atom is 0.223 e. The molecule has 2 saturated heterocycles. The molecule has 1 unspecified atom stereocenters. The zero-order valence-electron chi connectivity index (χ0n) is 10.9. The first-order valence-corrected chi connectivity index (χ1v) is 7.61. The van der Waals surface area contributed by atoms with Gasteiger partial charge in [-0.25, -0.2) is 4.98 Å². The SMILES string of the molecule is O=Cc1c(N2CCN3C(=O)CCC3C2)nc2sccn12. The van der Waals surface area contributed by atoms with E-state index in [1.807, 2.05) is 20.9 Å². The molecule has 0 radical (unpaired) electrons. The molecule has 1 atom stereocenters. The largest absolute Gasteiger partial charge is 0.351 e. The Bertz CT molecular complexity index is 692. The number of nitrogens with zero attached hydrogens (tertiary/aromatic N) is 4. The first-order chi connectivity index (χ1) is 9.78. The molecule has 0 N–H and O–H groups in total. The normalized spacial score (nSPS) is 22.6. The van der Waals surface area contributed by atoms with Gasteiger partial charge in [0.2, 0.25) is 5.91 Å². The fourth-order valence-electron chi connectivity index (χ4n) is 3.19. The van der Waals surface area contributed by atoms with E-state index in [1.165, 1.54) is 11.3 Å². The number of carbonyl (C=O) groups excluding carboxylic acids is 2. The highest BCUT2D eigenvalue weighted by Crippen LogP contribution is 2.29. The van der Waals surface area contributed by atoms with E-state index in [9.17, 15) is 9.59 Å². The van der Waals surface area contributed by atoms with Crippen LogP contribution in [-0.4, -0.2) is 52.2 Å². The summed E-state index contributed by atoms with van der Waals surface area (Å²) in [6, 6.07) is 0.274. The van der Waals surface area contributed by atoms with E-state index >= 15 is 0 Å². The van der Waals surface area contributed by atoms with Crippen LogP contribution in [0.4, 0.5) is 5.82 Å². The zero-order valence-corrected chi connectivity index (χ0v) is 11.7. The second kappa shape index (κ2) is 4.31. The topological polar surface area (TPSA) is 57.9 Å². The highest BCUT2D eigenvalue weighted by molar-refractivity contribution is 7.15. The van der Waals surface area contributed by atoms with Gasteiger partial charge in [-0.2, -0.15) is 0 Å². The summed E-state index contributed by atoms with van der Waals surface area (Å²) in [5.41, 5.74) is 0.610. The highest BCUT2D eigenvalue weighted by Gasteiger charge is 2.36. The molecule has 20 heavy (non-hydrogen) atoms. The number of hydrogen-bond acceptors (Lipinski definition) is 5. The minimum atomic E-state index is 0.260. The van der Waals surface area contributed by atoms with E-state index in [1.54, 1.807) is 0 Å². The van der Waals surface area contributed by atoms with Crippen molar-refractivity contribution in [3.63, 3.8) is 0 Å². The molecule has 0 bridgehead atoms. The molecule has 1 amide bonds.